The van der Waals surface area contributed by atoms with Gasteiger partial charge in [0, 0.05) is 18.8 Å². The van der Waals surface area contributed by atoms with Crippen LogP contribution >= 0.6 is 0 Å². The maximum Gasteiger partial charge on any atom is 0.131 e. The minimum atomic E-state index is 0.599. The van der Waals surface area contributed by atoms with Crippen molar-refractivity contribution in [2.75, 3.05) is 12.8 Å². The van der Waals surface area contributed by atoms with E-state index in [1.54, 1.807) is 24.2 Å². The van der Waals surface area contributed by atoms with Crippen molar-refractivity contribution >= 4 is 16.7 Å². The third-order valence-corrected chi connectivity index (χ3v) is 3.31. The Morgan fingerprint density at radius 2 is 2.20 bits per heavy atom. The van der Waals surface area contributed by atoms with Gasteiger partial charge in [0.2, 0.25) is 0 Å². The summed E-state index contributed by atoms with van der Waals surface area (Å²) >= 11 is 0. The molecule has 0 saturated carbocycles. The minimum absolute atomic E-state index is 0.599. The van der Waals surface area contributed by atoms with E-state index in [0.717, 1.165) is 29.2 Å². The van der Waals surface area contributed by atoms with Crippen molar-refractivity contribution in [3.63, 3.8) is 0 Å². The van der Waals surface area contributed by atoms with Crippen molar-refractivity contribution in [2.45, 2.75) is 20.0 Å². The van der Waals surface area contributed by atoms with E-state index < -0.39 is 0 Å². The van der Waals surface area contributed by atoms with Gasteiger partial charge >= 0.3 is 0 Å². The highest BCUT2D eigenvalue weighted by Crippen LogP contribution is 2.22. The van der Waals surface area contributed by atoms with Gasteiger partial charge in [-0.05, 0) is 19.1 Å². The number of nitrogens with zero attached hydrogens (tertiary/aromatic N) is 4. The molecule has 0 fully saturated rings. The molecular formula is C14H17N5O. The van der Waals surface area contributed by atoms with Crippen molar-refractivity contribution in [3.05, 3.63) is 36.4 Å². The van der Waals surface area contributed by atoms with E-state index in [1.165, 1.54) is 0 Å². The lowest BCUT2D eigenvalue weighted by Gasteiger charge is -2.06. The maximum absolute atomic E-state index is 5.69. The standard InChI is InChI=1S/C14H17N5O/c1-3-19-13-5-4-11(20-2)6-12(13)17-14(19)9-18-8-10(15)7-16-18/h4-8H,3,9,15H2,1-2H3. The summed E-state index contributed by atoms with van der Waals surface area (Å²) in [5, 5.41) is 4.20. The number of methoxy groups -OCH3 is 1. The quantitative estimate of drug-likeness (QED) is 0.786. The van der Waals surface area contributed by atoms with Crippen LogP contribution in [0.2, 0.25) is 0 Å². The number of aryl methyl sites for hydroxylation is 1. The molecule has 0 aliphatic carbocycles. The van der Waals surface area contributed by atoms with Gasteiger partial charge in [-0.1, -0.05) is 0 Å². The van der Waals surface area contributed by atoms with Crippen molar-refractivity contribution in [1.82, 2.24) is 19.3 Å². The van der Waals surface area contributed by atoms with Crippen LogP contribution in [0, 0.1) is 0 Å². The van der Waals surface area contributed by atoms with Gasteiger partial charge in [-0.15, -0.1) is 0 Å². The van der Waals surface area contributed by atoms with Crippen LogP contribution in [0.3, 0.4) is 0 Å². The van der Waals surface area contributed by atoms with Gasteiger partial charge in [-0.2, -0.15) is 5.10 Å². The molecule has 0 atom stereocenters. The Bertz CT molecular complexity index is 743. The number of hydrogen-bond donors (Lipinski definition) is 1. The topological polar surface area (TPSA) is 70.9 Å². The zero-order chi connectivity index (χ0) is 14.1. The van der Waals surface area contributed by atoms with Crippen molar-refractivity contribution in [2.24, 2.45) is 0 Å². The van der Waals surface area contributed by atoms with E-state index in [4.69, 9.17) is 10.5 Å². The largest absolute Gasteiger partial charge is 0.497 e. The number of anilines is 1. The Kier molecular flexibility index (Phi) is 3.06. The van der Waals surface area contributed by atoms with Gasteiger partial charge in [-0.25, -0.2) is 4.98 Å². The van der Waals surface area contributed by atoms with Gasteiger partial charge in [0.25, 0.3) is 0 Å². The maximum atomic E-state index is 5.69. The van der Waals surface area contributed by atoms with E-state index in [-0.39, 0.29) is 0 Å². The number of nitrogens with two attached hydrogens (primary N) is 1. The van der Waals surface area contributed by atoms with Gasteiger partial charge in [-0.3, -0.25) is 4.68 Å². The molecule has 0 bridgehead atoms. The fourth-order valence-corrected chi connectivity index (χ4v) is 2.37. The smallest absolute Gasteiger partial charge is 0.131 e. The Morgan fingerprint density at radius 3 is 2.85 bits per heavy atom. The molecule has 3 aromatic rings. The van der Waals surface area contributed by atoms with Crippen molar-refractivity contribution < 1.29 is 4.74 Å². The molecule has 2 aromatic heterocycles. The predicted molar refractivity (Wildman–Crippen MR) is 77.7 cm³/mol. The van der Waals surface area contributed by atoms with Gasteiger partial charge in [0.15, 0.2) is 0 Å². The first-order chi connectivity index (χ1) is 9.71. The molecule has 1 aromatic carbocycles. The molecule has 3 rings (SSSR count). The summed E-state index contributed by atoms with van der Waals surface area (Å²) in [7, 11) is 1.66. The monoisotopic (exact) mass is 271 g/mol. The first-order valence-corrected chi connectivity index (χ1v) is 6.52. The normalized spacial score (nSPS) is 11.1. The average molecular weight is 271 g/mol. The molecule has 0 spiro atoms. The van der Waals surface area contributed by atoms with E-state index >= 15 is 0 Å². The van der Waals surface area contributed by atoms with E-state index in [1.807, 2.05) is 18.2 Å². The number of imidazole rings is 1. The average Bonchev–Trinajstić information content (AvgIpc) is 3.01. The fraction of sp³-hybridized carbons (Fsp3) is 0.286. The second kappa shape index (κ2) is 4.88. The molecule has 2 heterocycles. The molecular weight excluding hydrogens is 254 g/mol. The van der Waals surface area contributed by atoms with Crippen LogP contribution in [-0.4, -0.2) is 26.4 Å². The van der Waals surface area contributed by atoms with Gasteiger partial charge in [0.05, 0.1) is 36.6 Å². The molecule has 2 N–H and O–H groups in total. The lowest BCUT2D eigenvalue weighted by molar-refractivity contribution is 0.415. The van der Waals surface area contributed by atoms with Crippen LogP contribution in [0.1, 0.15) is 12.7 Å². The molecule has 104 valence electrons. The third kappa shape index (κ3) is 2.09. The number of fused-ring (bicyclic) bond motifs is 1. The highest BCUT2D eigenvalue weighted by Gasteiger charge is 2.11. The van der Waals surface area contributed by atoms with E-state index in [0.29, 0.717) is 12.2 Å². The Labute approximate surface area is 116 Å². The van der Waals surface area contributed by atoms with Gasteiger partial charge < -0.3 is 15.0 Å². The summed E-state index contributed by atoms with van der Waals surface area (Å²) in [6.45, 7) is 3.56. The molecule has 0 aliphatic rings. The molecule has 0 radical (unpaired) electrons. The van der Waals surface area contributed by atoms with Gasteiger partial charge in [0.1, 0.15) is 11.6 Å². The molecule has 0 aliphatic heterocycles. The highest BCUT2D eigenvalue weighted by molar-refractivity contribution is 5.77. The Balaban J connectivity index is 2.05. The van der Waals surface area contributed by atoms with Crippen LogP contribution in [0.4, 0.5) is 5.69 Å². The van der Waals surface area contributed by atoms with E-state index in [2.05, 4.69) is 21.6 Å². The summed E-state index contributed by atoms with van der Waals surface area (Å²) in [6, 6.07) is 5.93. The SMILES string of the molecule is CCn1c(Cn2cc(N)cn2)nc2cc(OC)ccc21. The van der Waals surface area contributed by atoms with Crippen LogP contribution in [0.5, 0.6) is 5.75 Å². The number of benzene rings is 1. The molecule has 0 amide bonds. The zero-order valence-electron chi connectivity index (χ0n) is 11.6. The summed E-state index contributed by atoms with van der Waals surface area (Å²) in [5.41, 5.74) is 8.38. The molecule has 6 nitrogen and oxygen atoms in total. The molecule has 20 heavy (non-hydrogen) atoms. The highest BCUT2D eigenvalue weighted by atomic mass is 16.5. The molecule has 0 unspecified atom stereocenters. The number of rotatable bonds is 4. The second-order valence-corrected chi connectivity index (χ2v) is 4.60. The van der Waals surface area contributed by atoms with Crippen molar-refractivity contribution in [1.29, 1.82) is 0 Å². The third-order valence-electron chi connectivity index (χ3n) is 3.31. The summed E-state index contributed by atoms with van der Waals surface area (Å²) in [5.74, 6) is 1.77. The summed E-state index contributed by atoms with van der Waals surface area (Å²) < 4.78 is 9.21. The Morgan fingerprint density at radius 1 is 1.35 bits per heavy atom. The van der Waals surface area contributed by atoms with Crippen LogP contribution in [0.25, 0.3) is 11.0 Å². The lowest BCUT2D eigenvalue weighted by Crippen LogP contribution is -2.08. The number of hydrogen-bond acceptors (Lipinski definition) is 4. The van der Waals surface area contributed by atoms with Crippen molar-refractivity contribution in [3.8, 4) is 5.75 Å². The number of nitrogen functional groups attached to an aromatic ring is 1. The second-order valence-electron chi connectivity index (χ2n) is 4.60. The predicted octanol–water partition coefficient (Wildman–Crippen LogP) is 1.89. The lowest BCUT2D eigenvalue weighted by atomic mass is 10.3. The fourth-order valence-electron chi connectivity index (χ4n) is 2.37. The summed E-state index contributed by atoms with van der Waals surface area (Å²) in [4.78, 5) is 4.68. The van der Waals surface area contributed by atoms with Crippen LogP contribution in [-0.2, 0) is 13.1 Å². The zero-order valence-corrected chi connectivity index (χ0v) is 11.6. The molecule has 0 saturated heterocycles. The van der Waals surface area contributed by atoms with Crippen LogP contribution < -0.4 is 10.5 Å². The number of ether oxygens (including phenoxy) is 1. The first-order valence-electron chi connectivity index (χ1n) is 6.52. The first kappa shape index (κ1) is 12.5. The van der Waals surface area contributed by atoms with Crippen LogP contribution in [0.15, 0.2) is 30.6 Å². The van der Waals surface area contributed by atoms with E-state index in [9.17, 15) is 0 Å². The number of aromatic nitrogens is 4. The molecule has 6 heteroatoms. The summed E-state index contributed by atoms with van der Waals surface area (Å²) in [6.07, 6.45) is 3.45. The Hall–Kier alpha value is -2.50. The minimum Gasteiger partial charge on any atom is -0.497 e.